The predicted molar refractivity (Wildman–Crippen MR) is 119 cm³/mol. The summed E-state index contributed by atoms with van der Waals surface area (Å²) in [5.41, 5.74) is 1.28. The van der Waals surface area contributed by atoms with E-state index < -0.39 is 5.78 Å². The molecule has 1 N–H and O–H groups in total. The van der Waals surface area contributed by atoms with Gasteiger partial charge in [0.2, 0.25) is 5.78 Å². The van der Waals surface area contributed by atoms with Crippen LogP contribution in [0.3, 0.4) is 0 Å². The van der Waals surface area contributed by atoms with Gasteiger partial charge in [-0.1, -0.05) is 25.4 Å². The molecule has 0 spiro atoms. The summed E-state index contributed by atoms with van der Waals surface area (Å²) in [7, 11) is 5.09. The number of nitrogens with one attached hydrogen (secondary N) is 1. The summed E-state index contributed by atoms with van der Waals surface area (Å²) in [6.45, 7) is 4.00. The Bertz CT molecular complexity index is 940. The first-order valence-corrected chi connectivity index (χ1v) is 9.61. The normalized spacial score (nSPS) is 9.27. The number of hydrogen-bond donors (Lipinski definition) is 1. The number of anilines is 1. The molecule has 2 aromatic carbocycles. The number of rotatable bonds is 6. The number of methoxy groups -OCH3 is 2. The van der Waals surface area contributed by atoms with Crippen molar-refractivity contribution in [3.8, 4) is 17.2 Å². The molecule has 0 bridgehead atoms. The van der Waals surface area contributed by atoms with E-state index in [9.17, 15) is 9.59 Å². The SMILES string of the molecule is CC.CNc1ccnn1-c1ccc(OC)c(OC)c1.O=CC(=O)c1ccc(Cl)cc1. The molecule has 0 atom stereocenters. The van der Waals surface area contributed by atoms with E-state index in [2.05, 4.69) is 10.4 Å². The van der Waals surface area contributed by atoms with Crippen molar-refractivity contribution in [3.05, 3.63) is 65.3 Å². The Morgan fingerprint density at radius 1 is 1.03 bits per heavy atom. The fourth-order valence-corrected chi connectivity index (χ4v) is 2.46. The van der Waals surface area contributed by atoms with E-state index in [-0.39, 0.29) is 6.29 Å². The molecular formula is C22H26ClN3O4. The Labute approximate surface area is 181 Å². The summed E-state index contributed by atoms with van der Waals surface area (Å²) >= 11 is 5.56. The van der Waals surface area contributed by atoms with E-state index in [1.54, 1.807) is 37.2 Å². The second kappa shape index (κ2) is 13.0. The summed E-state index contributed by atoms with van der Waals surface area (Å²) in [6.07, 6.45) is 2.02. The van der Waals surface area contributed by atoms with Crippen molar-refractivity contribution in [1.29, 1.82) is 0 Å². The zero-order chi connectivity index (χ0) is 22.5. The summed E-state index contributed by atoms with van der Waals surface area (Å²) in [5, 5.41) is 7.86. The van der Waals surface area contributed by atoms with E-state index in [1.807, 2.05) is 45.2 Å². The van der Waals surface area contributed by atoms with Gasteiger partial charge in [0.25, 0.3) is 0 Å². The number of Topliss-reactive ketones (excluding diaryl/α,β-unsaturated/α-hetero) is 1. The van der Waals surface area contributed by atoms with Gasteiger partial charge in [0.15, 0.2) is 17.8 Å². The van der Waals surface area contributed by atoms with Crippen molar-refractivity contribution in [2.75, 3.05) is 26.6 Å². The molecule has 0 aliphatic heterocycles. The van der Waals surface area contributed by atoms with Gasteiger partial charge in [0.1, 0.15) is 5.82 Å². The molecule has 0 fully saturated rings. The maximum absolute atomic E-state index is 10.7. The van der Waals surface area contributed by atoms with Crippen LogP contribution < -0.4 is 14.8 Å². The third-order valence-corrected chi connectivity index (χ3v) is 4.00. The Morgan fingerprint density at radius 2 is 1.67 bits per heavy atom. The van der Waals surface area contributed by atoms with Gasteiger partial charge in [-0.2, -0.15) is 5.10 Å². The molecule has 1 heterocycles. The van der Waals surface area contributed by atoms with E-state index in [1.165, 1.54) is 12.1 Å². The number of carbonyl (C=O) groups is 2. The van der Waals surface area contributed by atoms with Crippen LogP contribution in [0.2, 0.25) is 5.02 Å². The summed E-state index contributed by atoms with van der Waals surface area (Å²) in [6, 6.07) is 13.7. The highest BCUT2D eigenvalue weighted by Gasteiger charge is 2.08. The lowest BCUT2D eigenvalue weighted by Crippen LogP contribution is -2.02. The summed E-state index contributed by atoms with van der Waals surface area (Å²) < 4.78 is 12.3. The zero-order valence-corrected chi connectivity index (χ0v) is 18.4. The molecule has 0 radical (unpaired) electrons. The minimum Gasteiger partial charge on any atom is -0.493 e. The monoisotopic (exact) mass is 431 g/mol. The van der Waals surface area contributed by atoms with E-state index in [4.69, 9.17) is 21.1 Å². The number of ether oxygens (including phenoxy) is 2. The number of ketones is 1. The first kappa shape index (κ1) is 24.7. The maximum atomic E-state index is 10.7. The standard InChI is InChI=1S/C12H15N3O2.C8H5ClO2.C2H6/c1-13-12-6-7-14-15(12)9-4-5-10(16-2)11(8-9)17-3;9-7-3-1-6(2-4-7)8(11)5-10;1-2/h4-8,13H,1-3H3;1-5H;1-2H3. The van der Waals surface area contributed by atoms with Crippen LogP contribution in [-0.2, 0) is 4.79 Å². The molecule has 30 heavy (non-hydrogen) atoms. The van der Waals surface area contributed by atoms with Crippen LogP contribution in [0, 0.1) is 0 Å². The molecule has 0 saturated carbocycles. The average molecular weight is 432 g/mol. The second-order valence-electron chi connectivity index (χ2n) is 5.41. The first-order chi connectivity index (χ1) is 14.5. The molecular weight excluding hydrogens is 406 g/mol. The van der Waals surface area contributed by atoms with Gasteiger partial charge in [-0.3, -0.25) is 9.59 Å². The number of carbonyl (C=O) groups excluding carboxylic acids is 2. The number of benzene rings is 2. The fourth-order valence-electron chi connectivity index (χ4n) is 2.34. The maximum Gasteiger partial charge on any atom is 0.225 e. The number of halogens is 1. The largest absolute Gasteiger partial charge is 0.493 e. The second-order valence-corrected chi connectivity index (χ2v) is 5.84. The van der Waals surface area contributed by atoms with E-state index in [0.717, 1.165) is 11.5 Å². The first-order valence-electron chi connectivity index (χ1n) is 9.23. The van der Waals surface area contributed by atoms with Crippen molar-refractivity contribution in [2.24, 2.45) is 0 Å². The highest BCUT2D eigenvalue weighted by atomic mass is 35.5. The Kier molecular flexibility index (Phi) is 10.7. The van der Waals surface area contributed by atoms with Crippen molar-refractivity contribution >= 4 is 29.5 Å². The van der Waals surface area contributed by atoms with Crippen molar-refractivity contribution in [2.45, 2.75) is 13.8 Å². The topological polar surface area (TPSA) is 82.4 Å². The molecule has 0 unspecified atom stereocenters. The van der Waals surface area contributed by atoms with Crippen LogP contribution in [0.5, 0.6) is 11.5 Å². The highest BCUT2D eigenvalue weighted by Crippen LogP contribution is 2.29. The molecule has 0 aliphatic carbocycles. The minimum absolute atomic E-state index is 0.281. The number of aromatic nitrogens is 2. The minimum atomic E-state index is -0.526. The van der Waals surface area contributed by atoms with Crippen molar-refractivity contribution < 1.29 is 19.1 Å². The lowest BCUT2D eigenvalue weighted by molar-refractivity contribution is -0.104. The van der Waals surface area contributed by atoms with Crippen LogP contribution in [0.4, 0.5) is 5.82 Å². The average Bonchev–Trinajstić information content (AvgIpc) is 3.29. The molecule has 7 nitrogen and oxygen atoms in total. The smallest absolute Gasteiger partial charge is 0.225 e. The Hall–Kier alpha value is -3.32. The Morgan fingerprint density at radius 3 is 2.20 bits per heavy atom. The van der Waals surface area contributed by atoms with Crippen LogP contribution in [0.25, 0.3) is 5.69 Å². The van der Waals surface area contributed by atoms with E-state index >= 15 is 0 Å². The van der Waals surface area contributed by atoms with Gasteiger partial charge < -0.3 is 14.8 Å². The molecule has 8 heteroatoms. The van der Waals surface area contributed by atoms with Gasteiger partial charge in [0, 0.05) is 29.8 Å². The van der Waals surface area contributed by atoms with Crippen molar-refractivity contribution in [3.63, 3.8) is 0 Å². The summed E-state index contributed by atoms with van der Waals surface area (Å²) in [5.74, 6) is 1.77. The quantitative estimate of drug-likeness (QED) is 0.346. The molecule has 1 aromatic heterocycles. The molecule has 0 amide bonds. The number of aldehydes is 1. The predicted octanol–water partition coefficient (Wildman–Crippen LogP) is 4.68. The molecule has 160 valence electrons. The van der Waals surface area contributed by atoms with Gasteiger partial charge in [-0.25, -0.2) is 4.68 Å². The zero-order valence-electron chi connectivity index (χ0n) is 17.7. The highest BCUT2D eigenvalue weighted by molar-refractivity contribution is 6.34. The number of hydrogen-bond acceptors (Lipinski definition) is 6. The fraction of sp³-hybridized carbons (Fsp3) is 0.227. The van der Waals surface area contributed by atoms with Gasteiger partial charge >= 0.3 is 0 Å². The lowest BCUT2D eigenvalue weighted by atomic mass is 10.1. The third kappa shape index (κ3) is 6.63. The molecule has 3 aromatic rings. The van der Waals surface area contributed by atoms with Crippen LogP contribution in [0.15, 0.2) is 54.7 Å². The van der Waals surface area contributed by atoms with Gasteiger partial charge in [-0.05, 0) is 36.4 Å². The molecule has 0 aliphatic rings. The van der Waals surface area contributed by atoms with Gasteiger partial charge in [-0.15, -0.1) is 0 Å². The number of nitrogens with zero attached hydrogens (tertiary/aromatic N) is 2. The molecule has 0 saturated heterocycles. The van der Waals surface area contributed by atoms with E-state index in [0.29, 0.717) is 22.1 Å². The molecule has 3 rings (SSSR count). The van der Waals surface area contributed by atoms with Crippen molar-refractivity contribution in [1.82, 2.24) is 9.78 Å². The lowest BCUT2D eigenvalue weighted by Gasteiger charge is -2.11. The van der Waals surface area contributed by atoms with Crippen LogP contribution in [-0.4, -0.2) is 43.1 Å². The third-order valence-electron chi connectivity index (χ3n) is 3.75. The summed E-state index contributed by atoms with van der Waals surface area (Å²) in [4.78, 5) is 20.7. The van der Waals surface area contributed by atoms with Crippen LogP contribution >= 0.6 is 11.6 Å². The Balaban J connectivity index is 0.000000300. The van der Waals surface area contributed by atoms with Gasteiger partial charge in [0.05, 0.1) is 26.1 Å². The van der Waals surface area contributed by atoms with Crippen LogP contribution in [0.1, 0.15) is 24.2 Å².